The lowest BCUT2D eigenvalue weighted by Gasteiger charge is -2.24. The molecule has 0 aliphatic carbocycles. The van der Waals surface area contributed by atoms with Crippen molar-refractivity contribution >= 4 is 28.2 Å². The Morgan fingerprint density at radius 2 is 2.08 bits per heavy atom. The minimum absolute atomic E-state index is 0.00774. The Balaban J connectivity index is 1.40. The Morgan fingerprint density at radius 1 is 1.23 bits per heavy atom. The van der Waals surface area contributed by atoms with E-state index in [-0.39, 0.29) is 37.2 Å². The largest absolute Gasteiger partial charge is 0.508 e. The normalized spacial score (nSPS) is 20.7. The average molecular weight is 558 g/mol. The molecule has 1 unspecified atom stereocenters. The molecule has 2 aromatic carbocycles. The number of hydrogen-bond acceptors (Lipinski definition) is 8. The van der Waals surface area contributed by atoms with E-state index in [1.54, 1.807) is 12.1 Å². The van der Waals surface area contributed by atoms with Gasteiger partial charge in [-0.2, -0.15) is 9.97 Å². The second kappa shape index (κ2) is 10.4. The molecule has 3 aliphatic rings. The SMILES string of the molecule is CCc1c(F)ccc2cc(O)cc(N3Cc4nc(OCC5CC(F)(F)CN5)nc(N5CCCOCC5)c4C3=O)c12. The topological polar surface area (TPSA) is 100 Å². The van der Waals surface area contributed by atoms with Gasteiger partial charge in [0.2, 0.25) is 0 Å². The van der Waals surface area contributed by atoms with Crippen molar-refractivity contribution in [1.29, 1.82) is 0 Å². The molecule has 2 saturated heterocycles. The van der Waals surface area contributed by atoms with Crippen molar-refractivity contribution in [1.82, 2.24) is 15.3 Å². The summed E-state index contributed by atoms with van der Waals surface area (Å²) >= 11 is 0. The van der Waals surface area contributed by atoms with Crippen LogP contribution in [0.2, 0.25) is 0 Å². The maximum atomic E-state index is 14.8. The predicted molar refractivity (Wildman–Crippen MR) is 142 cm³/mol. The summed E-state index contributed by atoms with van der Waals surface area (Å²) in [6, 6.07) is 5.37. The van der Waals surface area contributed by atoms with Crippen molar-refractivity contribution in [2.45, 2.75) is 44.7 Å². The third-order valence-electron chi connectivity index (χ3n) is 7.62. The Bertz CT molecular complexity index is 1460. The molecule has 12 heteroatoms. The van der Waals surface area contributed by atoms with E-state index in [4.69, 9.17) is 9.47 Å². The van der Waals surface area contributed by atoms with Gasteiger partial charge < -0.3 is 29.7 Å². The number of halogens is 3. The van der Waals surface area contributed by atoms with Crippen molar-refractivity contribution < 1.29 is 32.5 Å². The molecule has 0 radical (unpaired) electrons. The number of carbonyl (C=O) groups is 1. The molecule has 6 rings (SSSR count). The van der Waals surface area contributed by atoms with Crippen LogP contribution in [-0.2, 0) is 17.7 Å². The van der Waals surface area contributed by atoms with Crippen LogP contribution < -0.4 is 19.9 Å². The molecule has 9 nitrogen and oxygen atoms in total. The number of amides is 1. The van der Waals surface area contributed by atoms with Crippen molar-refractivity contribution in [3.05, 3.63) is 46.9 Å². The maximum Gasteiger partial charge on any atom is 0.318 e. The van der Waals surface area contributed by atoms with Gasteiger partial charge in [-0.3, -0.25) is 4.79 Å². The van der Waals surface area contributed by atoms with Crippen LogP contribution >= 0.6 is 0 Å². The molecule has 2 fully saturated rings. The molecule has 0 saturated carbocycles. The van der Waals surface area contributed by atoms with Crippen LogP contribution in [0.4, 0.5) is 24.7 Å². The van der Waals surface area contributed by atoms with Gasteiger partial charge in [0.25, 0.3) is 11.8 Å². The van der Waals surface area contributed by atoms with E-state index in [0.717, 1.165) is 6.42 Å². The smallest absolute Gasteiger partial charge is 0.318 e. The van der Waals surface area contributed by atoms with Crippen LogP contribution in [0, 0.1) is 5.82 Å². The highest BCUT2D eigenvalue weighted by molar-refractivity contribution is 6.16. The number of fused-ring (bicyclic) bond motifs is 2. The Labute approximate surface area is 228 Å². The molecular formula is C28H30F3N5O4. The lowest BCUT2D eigenvalue weighted by molar-refractivity contribution is 0.0194. The van der Waals surface area contributed by atoms with Gasteiger partial charge in [-0.15, -0.1) is 0 Å². The third kappa shape index (κ3) is 4.90. The minimum Gasteiger partial charge on any atom is -0.508 e. The number of alkyl halides is 2. The molecule has 4 heterocycles. The van der Waals surface area contributed by atoms with Crippen LogP contribution in [0.3, 0.4) is 0 Å². The first-order valence-electron chi connectivity index (χ1n) is 13.5. The summed E-state index contributed by atoms with van der Waals surface area (Å²) in [5.41, 5.74) is 1.52. The second-order valence-corrected chi connectivity index (χ2v) is 10.4. The first-order chi connectivity index (χ1) is 19.2. The van der Waals surface area contributed by atoms with Gasteiger partial charge in [-0.05, 0) is 35.9 Å². The number of benzene rings is 2. The molecule has 212 valence electrons. The molecule has 1 aromatic heterocycles. The third-order valence-corrected chi connectivity index (χ3v) is 7.62. The number of nitrogens with zero attached hydrogens (tertiary/aromatic N) is 4. The number of aryl methyl sites for hydroxylation is 1. The lowest BCUT2D eigenvalue weighted by atomic mass is 9.99. The second-order valence-electron chi connectivity index (χ2n) is 10.4. The Hall–Kier alpha value is -3.64. The summed E-state index contributed by atoms with van der Waals surface area (Å²) < 4.78 is 53.5. The van der Waals surface area contributed by atoms with Crippen molar-refractivity contribution in [2.75, 3.05) is 49.3 Å². The summed E-state index contributed by atoms with van der Waals surface area (Å²) in [5, 5.41) is 14.4. The van der Waals surface area contributed by atoms with E-state index < -0.39 is 24.3 Å². The van der Waals surface area contributed by atoms with Gasteiger partial charge in [0.1, 0.15) is 29.6 Å². The summed E-state index contributed by atoms with van der Waals surface area (Å²) in [6.45, 7) is 3.53. The molecule has 2 N–H and O–H groups in total. The number of rotatable bonds is 6. The number of anilines is 2. The zero-order valence-electron chi connectivity index (χ0n) is 22.1. The molecule has 0 spiro atoms. The number of ether oxygens (including phenoxy) is 2. The molecule has 3 aromatic rings. The Morgan fingerprint density at radius 3 is 2.85 bits per heavy atom. The number of carbonyl (C=O) groups excluding carboxylic acids is 1. The summed E-state index contributed by atoms with van der Waals surface area (Å²) in [4.78, 5) is 26.5. The molecule has 3 aliphatic heterocycles. The summed E-state index contributed by atoms with van der Waals surface area (Å²) in [7, 11) is 0. The number of phenolic OH excluding ortho intramolecular Hbond substituents is 1. The molecule has 1 amide bonds. The van der Waals surface area contributed by atoms with E-state index in [1.807, 2.05) is 11.8 Å². The van der Waals surface area contributed by atoms with Crippen LogP contribution in [0.25, 0.3) is 10.8 Å². The highest BCUT2D eigenvalue weighted by atomic mass is 19.3. The van der Waals surface area contributed by atoms with Gasteiger partial charge in [0.15, 0.2) is 0 Å². The summed E-state index contributed by atoms with van der Waals surface area (Å²) in [5.74, 6) is -3.23. The van der Waals surface area contributed by atoms with Gasteiger partial charge in [-0.25, -0.2) is 13.2 Å². The standard InChI is InChI=1S/C28H30F3N5O4/c1-2-19-20(29)5-4-16-10-18(37)11-22(23(16)19)36-13-21-24(26(36)38)25(35-6-3-8-39-9-7-35)34-27(33-21)40-14-17-12-28(30,31)15-32-17/h4-5,10-11,17,32,37H,2-3,6-9,12-15H2,1H3. The van der Waals surface area contributed by atoms with Gasteiger partial charge in [0, 0.05) is 43.6 Å². The van der Waals surface area contributed by atoms with Gasteiger partial charge in [0.05, 0.1) is 31.1 Å². The molecular weight excluding hydrogens is 527 g/mol. The van der Waals surface area contributed by atoms with E-state index in [1.165, 1.54) is 17.0 Å². The summed E-state index contributed by atoms with van der Waals surface area (Å²) in [6.07, 6.45) is 0.771. The maximum absolute atomic E-state index is 14.8. The number of phenols is 1. The van der Waals surface area contributed by atoms with Gasteiger partial charge >= 0.3 is 6.01 Å². The fourth-order valence-corrected chi connectivity index (χ4v) is 5.73. The van der Waals surface area contributed by atoms with Crippen molar-refractivity contribution in [3.8, 4) is 11.8 Å². The first kappa shape index (κ1) is 26.6. The van der Waals surface area contributed by atoms with Crippen LogP contribution in [0.5, 0.6) is 11.8 Å². The lowest BCUT2D eigenvalue weighted by Crippen LogP contribution is -2.31. The minimum atomic E-state index is -2.79. The quantitative estimate of drug-likeness (QED) is 0.472. The van der Waals surface area contributed by atoms with Crippen LogP contribution in [-0.4, -0.2) is 72.4 Å². The number of aromatic nitrogens is 2. The fourth-order valence-electron chi connectivity index (χ4n) is 5.73. The molecule has 0 bridgehead atoms. The number of aromatic hydroxyl groups is 1. The predicted octanol–water partition coefficient (Wildman–Crippen LogP) is 3.80. The Kier molecular flexibility index (Phi) is 6.91. The zero-order chi connectivity index (χ0) is 28.0. The van der Waals surface area contributed by atoms with Crippen molar-refractivity contribution in [2.24, 2.45) is 0 Å². The van der Waals surface area contributed by atoms with E-state index in [9.17, 15) is 23.1 Å². The zero-order valence-corrected chi connectivity index (χ0v) is 22.1. The first-order valence-corrected chi connectivity index (χ1v) is 13.5. The number of nitrogens with one attached hydrogen (secondary N) is 1. The van der Waals surface area contributed by atoms with Crippen molar-refractivity contribution in [3.63, 3.8) is 0 Å². The molecule has 40 heavy (non-hydrogen) atoms. The van der Waals surface area contributed by atoms with E-state index in [0.29, 0.717) is 71.8 Å². The molecule has 1 atom stereocenters. The van der Waals surface area contributed by atoms with E-state index >= 15 is 0 Å². The highest BCUT2D eigenvalue weighted by Gasteiger charge is 2.40. The van der Waals surface area contributed by atoms with E-state index in [2.05, 4.69) is 15.3 Å². The monoisotopic (exact) mass is 557 g/mol. The highest BCUT2D eigenvalue weighted by Crippen LogP contribution is 2.41. The van der Waals surface area contributed by atoms with Gasteiger partial charge in [-0.1, -0.05) is 13.0 Å². The van der Waals surface area contributed by atoms with Crippen LogP contribution in [0.1, 0.15) is 41.4 Å². The number of hydrogen-bond donors (Lipinski definition) is 2. The fraction of sp³-hybridized carbons (Fsp3) is 0.464. The van der Waals surface area contributed by atoms with Crippen LogP contribution in [0.15, 0.2) is 24.3 Å². The average Bonchev–Trinajstić information content (AvgIpc) is 3.30.